The zero-order valence-electron chi connectivity index (χ0n) is 19.7. The van der Waals surface area contributed by atoms with E-state index in [1.807, 2.05) is 25.1 Å². The van der Waals surface area contributed by atoms with Crippen LogP contribution in [0.15, 0.2) is 58.1 Å². The van der Waals surface area contributed by atoms with Crippen molar-refractivity contribution in [3.8, 4) is 11.5 Å². The summed E-state index contributed by atoms with van der Waals surface area (Å²) in [6.45, 7) is 2.36. The number of methoxy groups -OCH3 is 2. The molecule has 0 unspecified atom stereocenters. The van der Waals surface area contributed by atoms with Crippen LogP contribution in [0.4, 0.5) is 11.5 Å². The Morgan fingerprint density at radius 2 is 1.76 bits per heavy atom. The van der Waals surface area contributed by atoms with Crippen LogP contribution in [0.25, 0.3) is 0 Å². The summed E-state index contributed by atoms with van der Waals surface area (Å²) in [6, 6.07) is 14.3. The molecule has 0 bridgehead atoms. The Morgan fingerprint density at radius 3 is 2.41 bits per heavy atom. The van der Waals surface area contributed by atoms with Crippen molar-refractivity contribution in [1.82, 2.24) is 9.55 Å². The fourth-order valence-electron chi connectivity index (χ4n) is 3.69. The molecule has 0 aliphatic heterocycles. The maximum atomic E-state index is 13.5. The number of ether oxygens (including phenoxy) is 2. The summed E-state index contributed by atoms with van der Waals surface area (Å²) in [5.41, 5.74) is 6.39. The third kappa shape index (κ3) is 5.48. The summed E-state index contributed by atoms with van der Waals surface area (Å²) in [4.78, 5) is 42.5. The number of aromatic nitrogens is 2. The number of amides is 1. The van der Waals surface area contributed by atoms with E-state index in [9.17, 15) is 14.4 Å². The minimum Gasteiger partial charge on any atom is -0.497 e. The van der Waals surface area contributed by atoms with Gasteiger partial charge in [-0.15, -0.1) is 0 Å². The second-order valence-corrected chi connectivity index (χ2v) is 7.81. The van der Waals surface area contributed by atoms with Crippen LogP contribution in [0.1, 0.15) is 30.9 Å². The molecule has 0 atom stereocenters. The molecule has 1 amide bonds. The Bertz CT molecular complexity index is 1250. The Morgan fingerprint density at radius 1 is 1.06 bits per heavy atom. The van der Waals surface area contributed by atoms with E-state index >= 15 is 0 Å². The molecule has 3 aromatic rings. The van der Waals surface area contributed by atoms with Gasteiger partial charge in [-0.3, -0.25) is 24.0 Å². The first-order chi connectivity index (χ1) is 16.4. The van der Waals surface area contributed by atoms with Gasteiger partial charge in [-0.25, -0.2) is 4.79 Å². The molecule has 1 heterocycles. The molecule has 34 heavy (non-hydrogen) atoms. The number of nitrogen functional groups attached to an aromatic ring is 1. The molecule has 0 spiro atoms. The number of anilines is 2. The molecule has 3 rings (SSSR count). The first-order valence-electron chi connectivity index (χ1n) is 11.1. The number of unbranched alkanes of at least 4 members (excludes halogenated alkanes) is 1. The highest BCUT2D eigenvalue weighted by atomic mass is 16.5. The van der Waals surface area contributed by atoms with Gasteiger partial charge in [-0.1, -0.05) is 43.7 Å². The van der Waals surface area contributed by atoms with Gasteiger partial charge in [0.2, 0.25) is 5.91 Å². The maximum Gasteiger partial charge on any atom is 0.330 e. The van der Waals surface area contributed by atoms with E-state index in [0.29, 0.717) is 30.0 Å². The topological polar surface area (TPSA) is 120 Å². The number of hydrogen-bond acceptors (Lipinski definition) is 6. The number of para-hydroxylation sites is 1. The van der Waals surface area contributed by atoms with E-state index in [0.717, 1.165) is 12.0 Å². The highest BCUT2D eigenvalue weighted by molar-refractivity contribution is 5.96. The molecular weight excluding hydrogens is 436 g/mol. The lowest BCUT2D eigenvalue weighted by atomic mass is 10.1. The van der Waals surface area contributed by atoms with Gasteiger partial charge in [-0.2, -0.15) is 0 Å². The number of H-pyrrole nitrogens is 1. The third-order valence-corrected chi connectivity index (χ3v) is 5.56. The number of nitrogens with one attached hydrogen (secondary N) is 1. The van der Waals surface area contributed by atoms with Gasteiger partial charge in [0, 0.05) is 12.1 Å². The van der Waals surface area contributed by atoms with E-state index in [1.54, 1.807) is 37.4 Å². The van der Waals surface area contributed by atoms with Crippen LogP contribution >= 0.6 is 0 Å². The molecule has 0 aliphatic carbocycles. The van der Waals surface area contributed by atoms with E-state index in [2.05, 4.69) is 4.98 Å². The highest BCUT2D eigenvalue weighted by Crippen LogP contribution is 2.25. The smallest absolute Gasteiger partial charge is 0.330 e. The predicted molar refractivity (Wildman–Crippen MR) is 132 cm³/mol. The summed E-state index contributed by atoms with van der Waals surface area (Å²) in [5.74, 6) is 0.846. The number of benzene rings is 2. The maximum absolute atomic E-state index is 13.5. The first-order valence-corrected chi connectivity index (χ1v) is 11.1. The number of nitrogens with two attached hydrogens (primary N) is 1. The summed E-state index contributed by atoms with van der Waals surface area (Å²) >= 11 is 0. The van der Waals surface area contributed by atoms with Crippen LogP contribution in [0.5, 0.6) is 11.5 Å². The van der Waals surface area contributed by atoms with Crippen molar-refractivity contribution in [2.45, 2.75) is 39.3 Å². The van der Waals surface area contributed by atoms with Gasteiger partial charge in [-0.05, 0) is 30.2 Å². The average molecular weight is 467 g/mol. The molecule has 1 aromatic heterocycles. The molecule has 9 nitrogen and oxygen atoms in total. The molecule has 9 heteroatoms. The third-order valence-electron chi connectivity index (χ3n) is 5.56. The van der Waals surface area contributed by atoms with Crippen LogP contribution in [0.2, 0.25) is 0 Å². The van der Waals surface area contributed by atoms with E-state index < -0.39 is 11.2 Å². The van der Waals surface area contributed by atoms with Crippen molar-refractivity contribution < 1.29 is 14.3 Å². The molecule has 0 saturated heterocycles. The largest absolute Gasteiger partial charge is 0.497 e. The molecular formula is C25H30N4O5. The van der Waals surface area contributed by atoms with Crippen molar-refractivity contribution in [2.24, 2.45) is 0 Å². The monoisotopic (exact) mass is 466 g/mol. The second-order valence-electron chi connectivity index (χ2n) is 7.81. The molecule has 2 aromatic carbocycles. The van der Waals surface area contributed by atoms with Gasteiger partial charge in [0.25, 0.3) is 5.56 Å². The number of nitrogens with zero attached hydrogens (tertiary/aromatic N) is 2. The Hall–Kier alpha value is -4.01. The normalized spacial score (nSPS) is 10.7. The SMILES string of the molecule is CCCCn1c(N)c(N(Cc2ccccc2OC)C(=O)Cc2ccc(OC)cc2)c(=O)[nH]c1=O. The van der Waals surface area contributed by atoms with Crippen LogP contribution in [0.3, 0.4) is 0 Å². The number of rotatable bonds is 10. The number of aromatic amines is 1. The van der Waals surface area contributed by atoms with Crippen LogP contribution < -0.4 is 31.4 Å². The van der Waals surface area contributed by atoms with Crippen molar-refractivity contribution in [3.05, 3.63) is 80.5 Å². The number of carbonyl (C=O) groups excluding carboxylic acids is 1. The summed E-state index contributed by atoms with van der Waals surface area (Å²) < 4.78 is 11.9. The zero-order chi connectivity index (χ0) is 24.7. The van der Waals surface area contributed by atoms with Gasteiger partial charge >= 0.3 is 5.69 Å². The van der Waals surface area contributed by atoms with Crippen molar-refractivity contribution in [3.63, 3.8) is 0 Å². The number of carbonyl (C=O) groups is 1. The minimum absolute atomic E-state index is 0.0200. The second kappa shape index (κ2) is 11.2. The summed E-state index contributed by atoms with van der Waals surface area (Å²) in [5, 5.41) is 0. The predicted octanol–water partition coefficient (Wildman–Crippen LogP) is 2.71. The summed E-state index contributed by atoms with van der Waals surface area (Å²) in [6.07, 6.45) is 1.55. The highest BCUT2D eigenvalue weighted by Gasteiger charge is 2.25. The summed E-state index contributed by atoms with van der Waals surface area (Å²) in [7, 11) is 3.10. The van der Waals surface area contributed by atoms with Crippen molar-refractivity contribution in [1.29, 1.82) is 0 Å². The lowest BCUT2D eigenvalue weighted by molar-refractivity contribution is -0.118. The standard InChI is InChI=1S/C25H30N4O5/c1-4-5-14-28-23(26)22(24(31)27-25(28)32)29(16-18-8-6-7-9-20(18)34-3)21(30)15-17-10-12-19(33-2)13-11-17/h6-13H,4-5,14-16,26H2,1-3H3,(H,27,31,32). The Balaban J connectivity index is 2.08. The fourth-order valence-corrected chi connectivity index (χ4v) is 3.69. The van der Waals surface area contributed by atoms with Crippen molar-refractivity contribution in [2.75, 3.05) is 24.9 Å². The fraction of sp³-hybridized carbons (Fsp3) is 0.320. The van der Waals surface area contributed by atoms with Gasteiger partial charge in [0.15, 0.2) is 5.69 Å². The molecule has 0 saturated carbocycles. The van der Waals surface area contributed by atoms with Crippen LogP contribution in [-0.4, -0.2) is 29.7 Å². The quantitative estimate of drug-likeness (QED) is 0.474. The van der Waals surface area contributed by atoms with Gasteiger partial charge < -0.3 is 15.2 Å². The molecule has 3 N–H and O–H groups in total. The van der Waals surface area contributed by atoms with Crippen LogP contribution in [-0.2, 0) is 24.3 Å². The Labute approximate surface area is 197 Å². The molecule has 0 aliphatic rings. The van der Waals surface area contributed by atoms with E-state index in [4.69, 9.17) is 15.2 Å². The van der Waals surface area contributed by atoms with E-state index in [-0.39, 0.29) is 30.4 Å². The Kier molecular flexibility index (Phi) is 8.13. The molecule has 0 radical (unpaired) electrons. The van der Waals surface area contributed by atoms with Gasteiger partial charge in [0.1, 0.15) is 17.3 Å². The van der Waals surface area contributed by atoms with Crippen molar-refractivity contribution >= 4 is 17.4 Å². The van der Waals surface area contributed by atoms with Gasteiger partial charge in [0.05, 0.1) is 27.2 Å². The zero-order valence-corrected chi connectivity index (χ0v) is 19.7. The molecule has 0 fully saturated rings. The minimum atomic E-state index is -0.715. The lowest BCUT2D eigenvalue weighted by Gasteiger charge is -2.25. The lowest BCUT2D eigenvalue weighted by Crippen LogP contribution is -2.41. The number of hydrogen-bond donors (Lipinski definition) is 2. The van der Waals surface area contributed by atoms with E-state index in [1.165, 1.54) is 16.6 Å². The average Bonchev–Trinajstić information content (AvgIpc) is 2.83. The molecule has 180 valence electrons. The van der Waals surface area contributed by atoms with Crippen LogP contribution in [0, 0.1) is 0 Å². The first kappa shape index (κ1) is 24.6.